The van der Waals surface area contributed by atoms with E-state index in [0.29, 0.717) is 23.0 Å². The average Bonchev–Trinajstić information content (AvgIpc) is 3.33. The van der Waals surface area contributed by atoms with Crippen molar-refractivity contribution in [3.63, 3.8) is 0 Å². The van der Waals surface area contributed by atoms with Gasteiger partial charge < -0.3 is 9.88 Å². The molecular weight excluding hydrogens is 374 g/mol. The maximum Gasteiger partial charge on any atom is 0.270 e. The first-order valence-electron chi connectivity index (χ1n) is 8.77. The Balaban J connectivity index is 1.71. The largest absolute Gasteiger partial charge is 0.349 e. The summed E-state index contributed by atoms with van der Waals surface area (Å²) in [4.78, 5) is 17.2. The molecule has 0 saturated heterocycles. The van der Waals surface area contributed by atoms with Gasteiger partial charge in [-0.25, -0.2) is 4.68 Å². The Kier molecular flexibility index (Phi) is 4.95. The average molecular weight is 392 g/mol. The zero-order valence-corrected chi connectivity index (χ0v) is 16.0. The molecule has 3 aromatic heterocycles. The number of carbonyl (C=O) groups excluding carboxylic acids is 1. The van der Waals surface area contributed by atoms with Crippen LogP contribution < -0.4 is 5.32 Å². The van der Waals surface area contributed by atoms with Crippen LogP contribution in [-0.2, 0) is 13.6 Å². The lowest BCUT2D eigenvalue weighted by molar-refractivity contribution is 0.0942. The SMILES string of the molecule is Cn1cccc1-c1cc(C(=O)NCc2ccccn2)n(-c2cccc(Cl)c2)n1. The normalized spacial score (nSPS) is 10.8. The van der Waals surface area contributed by atoms with Crippen molar-refractivity contribution in [1.82, 2.24) is 24.6 Å². The Morgan fingerprint density at radius 1 is 1.11 bits per heavy atom. The minimum absolute atomic E-state index is 0.237. The summed E-state index contributed by atoms with van der Waals surface area (Å²) in [5.41, 5.74) is 3.55. The highest BCUT2D eigenvalue weighted by molar-refractivity contribution is 6.30. The number of aromatic nitrogens is 4. The van der Waals surface area contributed by atoms with Crippen molar-refractivity contribution >= 4 is 17.5 Å². The molecule has 0 aliphatic rings. The molecule has 6 nitrogen and oxygen atoms in total. The highest BCUT2D eigenvalue weighted by Crippen LogP contribution is 2.23. The molecule has 0 bridgehead atoms. The number of nitrogens with one attached hydrogen (secondary N) is 1. The van der Waals surface area contributed by atoms with E-state index in [0.717, 1.165) is 17.1 Å². The Labute approximate surface area is 167 Å². The summed E-state index contributed by atoms with van der Waals surface area (Å²) in [7, 11) is 1.94. The molecule has 0 atom stereocenters. The Bertz CT molecular complexity index is 1120. The van der Waals surface area contributed by atoms with Crippen LogP contribution in [-0.4, -0.2) is 25.2 Å². The molecule has 4 rings (SSSR count). The smallest absolute Gasteiger partial charge is 0.270 e. The van der Waals surface area contributed by atoms with Crippen molar-refractivity contribution in [2.75, 3.05) is 0 Å². The van der Waals surface area contributed by atoms with Gasteiger partial charge in [-0.15, -0.1) is 0 Å². The predicted octanol–water partition coefficient (Wildman–Crippen LogP) is 3.86. The fourth-order valence-corrected chi connectivity index (χ4v) is 3.15. The van der Waals surface area contributed by atoms with Gasteiger partial charge in [0.05, 0.1) is 23.6 Å². The number of aryl methyl sites for hydroxylation is 1. The molecule has 0 unspecified atom stereocenters. The topological polar surface area (TPSA) is 64.7 Å². The van der Waals surface area contributed by atoms with E-state index in [2.05, 4.69) is 15.4 Å². The van der Waals surface area contributed by atoms with E-state index < -0.39 is 0 Å². The van der Waals surface area contributed by atoms with Crippen molar-refractivity contribution in [3.8, 4) is 17.1 Å². The second kappa shape index (κ2) is 7.70. The number of pyridine rings is 1. The Hall–Kier alpha value is -3.38. The fourth-order valence-electron chi connectivity index (χ4n) is 2.96. The van der Waals surface area contributed by atoms with E-state index >= 15 is 0 Å². The third-order valence-electron chi connectivity index (χ3n) is 4.36. The predicted molar refractivity (Wildman–Crippen MR) is 108 cm³/mol. The summed E-state index contributed by atoms with van der Waals surface area (Å²) < 4.78 is 3.57. The van der Waals surface area contributed by atoms with Crippen LogP contribution in [0.3, 0.4) is 0 Å². The molecule has 4 aromatic rings. The number of amides is 1. The van der Waals surface area contributed by atoms with Crippen LogP contribution in [0.4, 0.5) is 0 Å². The summed E-state index contributed by atoms with van der Waals surface area (Å²) in [6, 6.07) is 18.5. The number of rotatable bonds is 5. The van der Waals surface area contributed by atoms with Gasteiger partial charge in [0, 0.05) is 24.5 Å². The molecule has 7 heteroatoms. The second-order valence-electron chi connectivity index (χ2n) is 6.31. The van der Waals surface area contributed by atoms with Gasteiger partial charge in [0.2, 0.25) is 0 Å². The van der Waals surface area contributed by atoms with E-state index in [1.165, 1.54) is 0 Å². The summed E-state index contributed by atoms with van der Waals surface area (Å²) in [6.45, 7) is 0.333. The van der Waals surface area contributed by atoms with Crippen LogP contribution in [0.15, 0.2) is 73.1 Å². The Morgan fingerprint density at radius 2 is 2.00 bits per heavy atom. The lowest BCUT2D eigenvalue weighted by Crippen LogP contribution is -2.25. The summed E-state index contributed by atoms with van der Waals surface area (Å²) in [5, 5.41) is 8.15. The number of halogens is 1. The van der Waals surface area contributed by atoms with Gasteiger partial charge in [0.25, 0.3) is 5.91 Å². The lowest BCUT2D eigenvalue weighted by atomic mass is 10.2. The summed E-state index contributed by atoms with van der Waals surface area (Å²) in [6.07, 6.45) is 3.64. The molecule has 0 radical (unpaired) electrons. The van der Waals surface area contributed by atoms with Gasteiger partial charge in [0.1, 0.15) is 11.4 Å². The highest BCUT2D eigenvalue weighted by atomic mass is 35.5. The minimum atomic E-state index is -0.237. The minimum Gasteiger partial charge on any atom is -0.349 e. The molecule has 28 heavy (non-hydrogen) atoms. The van der Waals surface area contributed by atoms with E-state index in [9.17, 15) is 4.79 Å². The molecule has 0 aliphatic carbocycles. The highest BCUT2D eigenvalue weighted by Gasteiger charge is 2.19. The van der Waals surface area contributed by atoms with Crippen molar-refractivity contribution < 1.29 is 4.79 Å². The fraction of sp³-hybridized carbons (Fsp3) is 0.0952. The van der Waals surface area contributed by atoms with Crippen molar-refractivity contribution in [3.05, 3.63) is 89.5 Å². The van der Waals surface area contributed by atoms with Crippen molar-refractivity contribution in [2.24, 2.45) is 7.05 Å². The lowest BCUT2D eigenvalue weighted by Gasteiger charge is -2.08. The van der Waals surface area contributed by atoms with Gasteiger partial charge in [-0.2, -0.15) is 5.10 Å². The summed E-state index contributed by atoms with van der Waals surface area (Å²) in [5.74, 6) is -0.237. The van der Waals surface area contributed by atoms with Gasteiger partial charge >= 0.3 is 0 Å². The van der Waals surface area contributed by atoms with Crippen molar-refractivity contribution in [2.45, 2.75) is 6.54 Å². The molecular formula is C21H18ClN5O. The second-order valence-corrected chi connectivity index (χ2v) is 6.75. The number of hydrogen-bond acceptors (Lipinski definition) is 3. The Morgan fingerprint density at radius 3 is 2.71 bits per heavy atom. The molecule has 0 aliphatic heterocycles. The summed E-state index contributed by atoms with van der Waals surface area (Å²) >= 11 is 6.15. The van der Waals surface area contributed by atoms with Crippen LogP contribution in [0, 0.1) is 0 Å². The molecule has 1 aromatic carbocycles. The molecule has 0 saturated carbocycles. The standard InChI is InChI=1S/C21H18ClN5O/c1-26-11-5-9-19(26)18-13-20(21(28)24-14-16-7-2-3-10-23-16)27(25-18)17-8-4-6-15(22)12-17/h2-13H,14H2,1H3,(H,24,28). The first-order chi connectivity index (χ1) is 13.6. The number of benzene rings is 1. The molecule has 0 fully saturated rings. The zero-order valence-electron chi connectivity index (χ0n) is 15.2. The first kappa shape index (κ1) is 18.0. The van der Waals surface area contributed by atoms with E-state index in [1.54, 1.807) is 29.1 Å². The van der Waals surface area contributed by atoms with E-state index in [4.69, 9.17) is 11.6 Å². The molecule has 0 spiro atoms. The van der Waals surface area contributed by atoms with Crippen LogP contribution in [0.5, 0.6) is 0 Å². The quantitative estimate of drug-likeness (QED) is 0.562. The first-order valence-corrected chi connectivity index (χ1v) is 9.15. The van der Waals surface area contributed by atoms with Gasteiger partial charge in [-0.05, 0) is 48.5 Å². The third-order valence-corrected chi connectivity index (χ3v) is 4.59. The maximum absolute atomic E-state index is 12.9. The van der Waals surface area contributed by atoms with Crippen LogP contribution in [0.1, 0.15) is 16.2 Å². The van der Waals surface area contributed by atoms with Crippen LogP contribution >= 0.6 is 11.6 Å². The molecule has 140 valence electrons. The van der Waals surface area contributed by atoms with Crippen LogP contribution in [0.2, 0.25) is 5.02 Å². The zero-order chi connectivity index (χ0) is 19.5. The number of nitrogens with zero attached hydrogens (tertiary/aromatic N) is 4. The molecule has 1 N–H and O–H groups in total. The van der Waals surface area contributed by atoms with Crippen LogP contribution in [0.25, 0.3) is 17.1 Å². The van der Waals surface area contributed by atoms with Gasteiger partial charge in [0.15, 0.2) is 0 Å². The molecule has 3 heterocycles. The van der Waals surface area contributed by atoms with Gasteiger partial charge in [-0.1, -0.05) is 23.7 Å². The van der Waals surface area contributed by atoms with E-state index in [-0.39, 0.29) is 5.91 Å². The molecule has 1 amide bonds. The number of hydrogen-bond donors (Lipinski definition) is 1. The van der Waals surface area contributed by atoms with E-state index in [1.807, 2.05) is 60.3 Å². The maximum atomic E-state index is 12.9. The van der Waals surface area contributed by atoms with Gasteiger partial charge in [-0.3, -0.25) is 9.78 Å². The number of carbonyl (C=O) groups is 1. The monoisotopic (exact) mass is 391 g/mol. The van der Waals surface area contributed by atoms with Crippen molar-refractivity contribution in [1.29, 1.82) is 0 Å². The third kappa shape index (κ3) is 3.68.